The summed E-state index contributed by atoms with van der Waals surface area (Å²) in [7, 11) is 1.35. The van der Waals surface area contributed by atoms with Gasteiger partial charge in [0.2, 0.25) is 5.78 Å². The van der Waals surface area contributed by atoms with Gasteiger partial charge in [0.25, 0.3) is 0 Å². The third kappa shape index (κ3) is 4.79. The first kappa shape index (κ1) is 30.1. The molecule has 5 rings (SSSR count). The number of fused-ring (bicyclic) bond motifs is 3. The topological polar surface area (TPSA) is 172 Å². The summed E-state index contributed by atoms with van der Waals surface area (Å²) in [5.41, 5.74) is -3.24. The zero-order chi connectivity index (χ0) is 30.7. The second-order valence-electron chi connectivity index (χ2n) is 11.8. The second kappa shape index (κ2) is 11.1. The quantitative estimate of drug-likeness (QED) is 0.259. The average molecular weight is 584 g/mol. The number of hydrogen-bond acceptors (Lipinski definition) is 11. The molecule has 2 aliphatic carbocycles. The van der Waals surface area contributed by atoms with E-state index in [1.54, 1.807) is 0 Å². The van der Waals surface area contributed by atoms with Crippen LogP contribution in [0.25, 0.3) is 0 Å². The van der Waals surface area contributed by atoms with Crippen molar-refractivity contribution in [2.24, 2.45) is 5.92 Å². The number of benzene rings is 2. The number of Topliss-reactive ketones (excluding diaryl/α,β-unsaturated/α-hetero) is 1. The molecule has 1 aliphatic heterocycles. The number of methoxy groups -OCH3 is 1. The zero-order valence-corrected chi connectivity index (χ0v) is 24.3. The highest BCUT2D eigenvalue weighted by Gasteiger charge is 2.50. The number of phenolic OH excluding ortho intramolecular Hbond substituents is 2. The van der Waals surface area contributed by atoms with E-state index in [-0.39, 0.29) is 58.5 Å². The smallest absolute Gasteiger partial charge is 0.202 e. The summed E-state index contributed by atoms with van der Waals surface area (Å²) in [5.74, 6) is -3.33. The first-order valence-electron chi connectivity index (χ1n) is 14.1. The van der Waals surface area contributed by atoms with E-state index in [0.717, 1.165) is 0 Å². The Kier molecular flexibility index (Phi) is 7.92. The van der Waals surface area contributed by atoms with Crippen LogP contribution in [0, 0.1) is 5.92 Å². The number of rotatable bonds is 7. The van der Waals surface area contributed by atoms with E-state index >= 15 is 0 Å². The minimum absolute atomic E-state index is 0.00784. The normalized spacial score (nSPS) is 28.7. The molecule has 2 aromatic rings. The lowest BCUT2D eigenvalue weighted by atomic mass is 9.72. The molecule has 1 fully saturated rings. The summed E-state index contributed by atoms with van der Waals surface area (Å²) < 4.78 is 17.8. The fourth-order valence-electron chi connectivity index (χ4n) is 6.48. The molecular formula is C31H37NO10. The van der Waals surface area contributed by atoms with Crippen molar-refractivity contribution in [3.05, 3.63) is 51.6 Å². The van der Waals surface area contributed by atoms with Crippen molar-refractivity contribution in [2.45, 2.75) is 83.1 Å². The fourth-order valence-corrected chi connectivity index (χ4v) is 6.48. The van der Waals surface area contributed by atoms with Crippen molar-refractivity contribution in [3.8, 4) is 17.2 Å². The number of aromatic hydroxyl groups is 2. The van der Waals surface area contributed by atoms with Crippen LogP contribution in [-0.2, 0) is 20.7 Å². The minimum Gasteiger partial charge on any atom is -0.507 e. The average Bonchev–Trinajstić information content (AvgIpc) is 2.94. The van der Waals surface area contributed by atoms with Crippen molar-refractivity contribution in [3.63, 3.8) is 0 Å². The first-order chi connectivity index (χ1) is 19.8. The Morgan fingerprint density at radius 2 is 1.81 bits per heavy atom. The van der Waals surface area contributed by atoms with Gasteiger partial charge < -0.3 is 40.0 Å². The van der Waals surface area contributed by atoms with Gasteiger partial charge in [-0.15, -0.1) is 0 Å². The zero-order valence-electron chi connectivity index (χ0n) is 24.3. The van der Waals surface area contributed by atoms with Gasteiger partial charge >= 0.3 is 0 Å². The lowest BCUT2D eigenvalue weighted by molar-refractivity contribution is -0.239. The van der Waals surface area contributed by atoms with E-state index in [2.05, 4.69) is 12.2 Å². The van der Waals surface area contributed by atoms with Crippen molar-refractivity contribution in [1.82, 2.24) is 5.32 Å². The molecule has 11 heteroatoms. The molecule has 6 atom stereocenters. The van der Waals surface area contributed by atoms with Gasteiger partial charge in [-0.1, -0.05) is 32.9 Å². The molecule has 0 aromatic heterocycles. The number of phenols is 2. The summed E-state index contributed by atoms with van der Waals surface area (Å²) in [5, 5.41) is 47.7. The molecule has 0 saturated carbocycles. The summed E-state index contributed by atoms with van der Waals surface area (Å²) >= 11 is 0. The highest BCUT2D eigenvalue weighted by molar-refractivity contribution is 6.31. The molecule has 0 radical (unpaired) electrons. The highest BCUT2D eigenvalue weighted by Crippen LogP contribution is 2.52. The van der Waals surface area contributed by atoms with Crippen LogP contribution in [0.1, 0.15) is 89.6 Å². The van der Waals surface area contributed by atoms with Gasteiger partial charge in [-0.2, -0.15) is 0 Å². The van der Waals surface area contributed by atoms with Gasteiger partial charge in [-0.25, -0.2) is 0 Å². The predicted octanol–water partition coefficient (Wildman–Crippen LogP) is 2.32. The number of carbonyl (C=O) groups is 3. The van der Waals surface area contributed by atoms with Crippen LogP contribution in [0.15, 0.2) is 18.2 Å². The van der Waals surface area contributed by atoms with Crippen LogP contribution in [0.5, 0.6) is 17.2 Å². The van der Waals surface area contributed by atoms with E-state index in [0.29, 0.717) is 6.42 Å². The Balaban J connectivity index is 1.65. The maximum absolute atomic E-state index is 13.8. The monoisotopic (exact) mass is 583 g/mol. The first-order valence-corrected chi connectivity index (χ1v) is 14.1. The predicted molar refractivity (Wildman–Crippen MR) is 149 cm³/mol. The van der Waals surface area contributed by atoms with E-state index in [1.807, 2.05) is 20.8 Å². The number of aliphatic hydroxyl groups excluding tert-OH is 1. The van der Waals surface area contributed by atoms with Crippen LogP contribution >= 0.6 is 0 Å². The van der Waals surface area contributed by atoms with Crippen LogP contribution in [0.3, 0.4) is 0 Å². The molecule has 3 aliphatic rings. The van der Waals surface area contributed by atoms with Gasteiger partial charge in [0.1, 0.15) is 29.5 Å². The molecular weight excluding hydrogens is 546 g/mol. The molecule has 0 unspecified atom stereocenters. The molecule has 5 N–H and O–H groups in total. The van der Waals surface area contributed by atoms with Gasteiger partial charge in [0.05, 0.1) is 36.0 Å². The van der Waals surface area contributed by atoms with E-state index in [9.17, 15) is 34.8 Å². The number of carbonyl (C=O) groups excluding carboxylic acids is 3. The summed E-state index contributed by atoms with van der Waals surface area (Å²) in [4.78, 5) is 40.2. The Morgan fingerprint density at radius 3 is 2.45 bits per heavy atom. The number of ketones is 3. The molecule has 0 bridgehead atoms. The Hall–Kier alpha value is -3.35. The van der Waals surface area contributed by atoms with E-state index < -0.39 is 71.0 Å². The van der Waals surface area contributed by atoms with Crippen molar-refractivity contribution in [1.29, 1.82) is 0 Å². The number of nitrogens with one attached hydrogen (secondary N) is 1. The maximum Gasteiger partial charge on any atom is 0.202 e. The molecule has 0 spiro atoms. The minimum atomic E-state index is -2.18. The van der Waals surface area contributed by atoms with Crippen LogP contribution in [0.2, 0.25) is 0 Å². The van der Waals surface area contributed by atoms with Crippen molar-refractivity contribution < 1.29 is 49.0 Å². The molecule has 2 aromatic carbocycles. The summed E-state index contributed by atoms with van der Waals surface area (Å²) in [6, 6.07) is 4.65. The standard InChI is InChI=1S/C31H37NO10/c1-13(2)32-18-9-22(41-15(4)14(18)3)42-20-11-31(39,21(34)12-33)10-17-24(20)30(38)26-25(28(17)36)27(35)16-7-6-8-19(40-5)23(16)29(26)37/h6-8,13-15,18,20,22,32-33,36,38-39H,9-12H2,1-5H3/t14-,15+,18+,20+,22+,31+/m1/s1. The molecule has 0 amide bonds. The van der Waals surface area contributed by atoms with Gasteiger partial charge in [-0.05, 0) is 18.9 Å². The number of hydrogen-bond donors (Lipinski definition) is 5. The third-order valence-electron chi connectivity index (χ3n) is 8.79. The Bertz CT molecular complexity index is 1450. The van der Waals surface area contributed by atoms with Crippen LogP contribution in [-0.4, -0.2) is 81.6 Å². The Morgan fingerprint density at radius 1 is 1.12 bits per heavy atom. The molecule has 226 valence electrons. The van der Waals surface area contributed by atoms with Crippen molar-refractivity contribution in [2.75, 3.05) is 13.7 Å². The molecule has 42 heavy (non-hydrogen) atoms. The van der Waals surface area contributed by atoms with Crippen molar-refractivity contribution >= 4 is 17.3 Å². The van der Waals surface area contributed by atoms with E-state index in [4.69, 9.17) is 14.2 Å². The summed E-state index contributed by atoms with van der Waals surface area (Å²) in [6.45, 7) is 7.03. The molecule has 1 saturated heterocycles. The summed E-state index contributed by atoms with van der Waals surface area (Å²) in [6.07, 6.45) is -2.81. The van der Waals surface area contributed by atoms with Gasteiger partial charge in [0, 0.05) is 48.0 Å². The number of aliphatic hydroxyl groups is 2. The van der Waals surface area contributed by atoms with E-state index in [1.165, 1.54) is 25.3 Å². The SMILES string of the molecule is COc1cccc2c1C(=O)c1c(O)c3c(c(O)c1C2=O)C[C@@](O)(C(=O)CO)C[C@@H]3O[C@H]1C[C@H](NC(C)C)[C@H](C)[C@H](C)O1. The fraction of sp³-hybridized carbons (Fsp3) is 0.516. The van der Waals surface area contributed by atoms with Gasteiger partial charge in [-0.3, -0.25) is 14.4 Å². The maximum atomic E-state index is 13.8. The highest BCUT2D eigenvalue weighted by atomic mass is 16.7. The van der Waals surface area contributed by atoms with Crippen LogP contribution in [0.4, 0.5) is 0 Å². The largest absolute Gasteiger partial charge is 0.507 e. The molecule has 1 heterocycles. The lowest BCUT2D eigenvalue weighted by Gasteiger charge is -2.43. The number of ether oxygens (including phenoxy) is 3. The molecule has 11 nitrogen and oxygen atoms in total. The second-order valence-corrected chi connectivity index (χ2v) is 11.8. The Labute approximate surface area is 243 Å². The third-order valence-corrected chi connectivity index (χ3v) is 8.79. The van der Waals surface area contributed by atoms with Crippen LogP contribution < -0.4 is 10.1 Å². The van der Waals surface area contributed by atoms with Gasteiger partial charge in [0.15, 0.2) is 17.9 Å². The lowest BCUT2D eigenvalue weighted by Crippen LogP contribution is -2.52.